The molecule has 0 aromatic heterocycles. The predicted molar refractivity (Wildman–Crippen MR) is 59.2 cm³/mol. The Balaban J connectivity index is 4.26. The SMILES string of the molecule is CCC(C)CC(C)(CC)C(O)CCl. The lowest BCUT2D eigenvalue weighted by atomic mass is 9.75. The molecule has 1 nitrogen and oxygen atoms in total. The summed E-state index contributed by atoms with van der Waals surface area (Å²) < 4.78 is 0. The van der Waals surface area contributed by atoms with Gasteiger partial charge >= 0.3 is 0 Å². The van der Waals surface area contributed by atoms with Crippen LogP contribution >= 0.6 is 11.6 Å². The van der Waals surface area contributed by atoms with Crippen LogP contribution in [-0.4, -0.2) is 17.1 Å². The van der Waals surface area contributed by atoms with Crippen molar-refractivity contribution < 1.29 is 5.11 Å². The summed E-state index contributed by atoms with van der Waals surface area (Å²) in [6.07, 6.45) is 2.86. The van der Waals surface area contributed by atoms with Gasteiger partial charge in [0.2, 0.25) is 0 Å². The molecular weight excluding hydrogens is 184 g/mol. The van der Waals surface area contributed by atoms with Gasteiger partial charge in [0.25, 0.3) is 0 Å². The van der Waals surface area contributed by atoms with Gasteiger partial charge in [-0.2, -0.15) is 0 Å². The van der Waals surface area contributed by atoms with Crippen LogP contribution < -0.4 is 0 Å². The van der Waals surface area contributed by atoms with Gasteiger partial charge < -0.3 is 5.11 Å². The molecule has 0 aliphatic rings. The van der Waals surface area contributed by atoms with Gasteiger partial charge in [0.05, 0.1) is 6.10 Å². The maximum atomic E-state index is 9.79. The van der Waals surface area contributed by atoms with Gasteiger partial charge in [-0.1, -0.05) is 34.1 Å². The van der Waals surface area contributed by atoms with Gasteiger partial charge in [0.1, 0.15) is 0 Å². The van der Waals surface area contributed by atoms with E-state index in [0.717, 1.165) is 12.8 Å². The van der Waals surface area contributed by atoms with Crippen molar-refractivity contribution in [1.29, 1.82) is 0 Å². The van der Waals surface area contributed by atoms with Crippen molar-refractivity contribution in [2.24, 2.45) is 11.3 Å². The standard InChI is InChI=1S/C11H23ClO/c1-5-9(3)7-11(4,6-2)10(13)8-12/h9-10,13H,5-8H2,1-4H3. The minimum atomic E-state index is -0.367. The highest BCUT2D eigenvalue weighted by Gasteiger charge is 2.31. The summed E-state index contributed by atoms with van der Waals surface area (Å²) in [7, 11) is 0. The molecule has 1 N–H and O–H groups in total. The van der Waals surface area contributed by atoms with Crippen LogP contribution in [0.5, 0.6) is 0 Å². The summed E-state index contributed by atoms with van der Waals surface area (Å²) >= 11 is 5.69. The molecule has 2 heteroatoms. The molecular formula is C11H23ClO. The third-order valence-corrected chi connectivity index (χ3v) is 3.56. The fourth-order valence-electron chi connectivity index (χ4n) is 1.64. The van der Waals surface area contributed by atoms with Crippen LogP contribution in [-0.2, 0) is 0 Å². The van der Waals surface area contributed by atoms with Crippen molar-refractivity contribution in [3.63, 3.8) is 0 Å². The molecule has 0 rings (SSSR count). The monoisotopic (exact) mass is 206 g/mol. The summed E-state index contributed by atoms with van der Waals surface area (Å²) in [6.45, 7) is 8.67. The first-order chi connectivity index (χ1) is 6.00. The number of aliphatic hydroxyl groups excluding tert-OH is 1. The Hall–Kier alpha value is 0.250. The van der Waals surface area contributed by atoms with Crippen LogP contribution in [0, 0.1) is 11.3 Å². The Morgan fingerprint density at radius 3 is 2.23 bits per heavy atom. The highest BCUT2D eigenvalue weighted by atomic mass is 35.5. The van der Waals surface area contributed by atoms with E-state index in [0.29, 0.717) is 11.8 Å². The zero-order valence-electron chi connectivity index (χ0n) is 9.31. The topological polar surface area (TPSA) is 20.2 Å². The highest BCUT2D eigenvalue weighted by Crippen LogP contribution is 2.34. The number of aliphatic hydroxyl groups is 1. The maximum Gasteiger partial charge on any atom is 0.0728 e. The van der Waals surface area contributed by atoms with Gasteiger partial charge in [0, 0.05) is 5.88 Å². The molecule has 80 valence electrons. The smallest absolute Gasteiger partial charge is 0.0728 e. The second-order valence-corrected chi connectivity index (χ2v) is 4.70. The first-order valence-electron chi connectivity index (χ1n) is 5.24. The molecule has 0 aromatic rings. The zero-order chi connectivity index (χ0) is 10.5. The molecule has 0 aromatic carbocycles. The largest absolute Gasteiger partial charge is 0.391 e. The van der Waals surface area contributed by atoms with Crippen LogP contribution in [0.4, 0.5) is 0 Å². The first-order valence-corrected chi connectivity index (χ1v) is 5.77. The van der Waals surface area contributed by atoms with E-state index in [1.165, 1.54) is 6.42 Å². The van der Waals surface area contributed by atoms with Gasteiger partial charge in [-0.15, -0.1) is 11.6 Å². The van der Waals surface area contributed by atoms with Crippen molar-refractivity contribution in [2.45, 2.75) is 53.1 Å². The van der Waals surface area contributed by atoms with Crippen LogP contribution in [0.1, 0.15) is 47.0 Å². The van der Waals surface area contributed by atoms with Crippen LogP contribution in [0.25, 0.3) is 0 Å². The molecule has 3 unspecified atom stereocenters. The number of halogens is 1. The van der Waals surface area contributed by atoms with Gasteiger partial charge in [-0.05, 0) is 24.2 Å². The van der Waals surface area contributed by atoms with Gasteiger partial charge in [-0.3, -0.25) is 0 Å². The van der Waals surface area contributed by atoms with Crippen LogP contribution in [0.15, 0.2) is 0 Å². The summed E-state index contributed by atoms with van der Waals surface area (Å²) in [5, 5.41) is 9.79. The molecule has 0 amide bonds. The molecule has 0 saturated carbocycles. The molecule has 13 heavy (non-hydrogen) atoms. The third-order valence-electron chi connectivity index (χ3n) is 3.27. The van der Waals surface area contributed by atoms with E-state index in [1.54, 1.807) is 0 Å². The Morgan fingerprint density at radius 1 is 1.38 bits per heavy atom. The summed E-state index contributed by atoms with van der Waals surface area (Å²) in [6, 6.07) is 0. The predicted octanol–water partition coefficient (Wildman–Crippen LogP) is 3.44. The molecule has 0 fully saturated rings. The molecule has 0 bridgehead atoms. The Kier molecular flexibility index (Phi) is 5.98. The van der Waals surface area contributed by atoms with E-state index in [2.05, 4.69) is 27.7 Å². The van der Waals surface area contributed by atoms with E-state index >= 15 is 0 Å². The molecule has 3 atom stereocenters. The Bertz CT molecular complexity index is 138. The number of rotatable bonds is 6. The highest BCUT2D eigenvalue weighted by molar-refractivity contribution is 6.18. The van der Waals surface area contributed by atoms with Crippen molar-refractivity contribution in [1.82, 2.24) is 0 Å². The van der Waals surface area contributed by atoms with E-state index in [-0.39, 0.29) is 11.5 Å². The minimum Gasteiger partial charge on any atom is -0.391 e. The quantitative estimate of drug-likeness (QED) is 0.661. The van der Waals surface area contributed by atoms with E-state index in [1.807, 2.05) is 0 Å². The Labute approximate surface area is 87.5 Å². The summed E-state index contributed by atoms with van der Waals surface area (Å²) in [5.74, 6) is 1.02. The van der Waals surface area contributed by atoms with Gasteiger partial charge in [0.15, 0.2) is 0 Å². The van der Waals surface area contributed by atoms with Crippen molar-refractivity contribution in [3.8, 4) is 0 Å². The fourth-order valence-corrected chi connectivity index (χ4v) is 2.02. The lowest BCUT2D eigenvalue weighted by Crippen LogP contribution is -2.34. The van der Waals surface area contributed by atoms with Crippen LogP contribution in [0.3, 0.4) is 0 Å². The van der Waals surface area contributed by atoms with Gasteiger partial charge in [-0.25, -0.2) is 0 Å². The van der Waals surface area contributed by atoms with E-state index in [9.17, 15) is 5.11 Å². The summed E-state index contributed by atoms with van der Waals surface area (Å²) in [5.41, 5.74) is -0.00280. The molecule has 0 heterocycles. The maximum absolute atomic E-state index is 9.79. The molecule has 0 spiro atoms. The molecule has 0 radical (unpaired) electrons. The summed E-state index contributed by atoms with van der Waals surface area (Å²) in [4.78, 5) is 0. The molecule has 0 saturated heterocycles. The number of hydrogen-bond acceptors (Lipinski definition) is 1. The molecule has 0 aliphatic heterocycles. The molecule has 0 aliphatic carbocycles. The first kappa shape index (κ1) is 13.2. The van der Waals surface area contributed by atoms with Crippen molar-refractivity contribution in [2.75, 3.05) is 5.88 Å². The third kappa shape index (κ3) is 3.86. The average molecular weight is 207 g/mol. The lowest BCUT2D eigenvalue weighted by molar-refractivity contribution is 0.0334. The van der Waals surface area contributed by atoms with E-state index < -0.39 is 0 Å². The van der Waals surface area contributed by atoms with Crippen LogP contribution in [0.2, 0.25) is 0 Å². The minimum absolute atomic E-state index is 0.00280. The lowest BCUT2D eigenvalue weighted by Gasteiger charge is -2.34. The zero-order valence-corrected chi connectivity index (χ0v) is 10.1. The normalized spacial score (nSPS) is 20.8. The number of hydrogen-bond donors (Lipinski definition) is 1. The van der Waals surface area contributed by atoms with Crippen molar-refractivity contribution in [3.05, 3.63) is 0 Å². The second-order valence-electron chi connectivity index (χ2n) is 4.40. The van der Waals surface area contributed by atoms with E-state index in [4.69, 9.17) is 11.6 Å². The van der Waals surface area contributed by atoms with Crippen molar-refractivity contribution >= 4 is 11.6 Å². The second kappa shape index (κ2) is 5.87. The number of alkyl halides is 1. The Morgan fingerprint density at radius 2 is 1.92 bits per heavy atom. The average Bonchev–Trinajstić information content (AvgIpc) is 2.15. The fraction of sp³-hybridized carbons (Fsp3) is 1.00.